The Morgan fingerprint density at radius 1 is 1.50 bits per heavy atom. The average molecular weight is 346 g/mol. The molecule has 0 radical (unpaired) electrons. The molecular formula is C15H18N6O2S. The van der Waals surface area contributed by atoms with E-state index in [9.17, 15) is 4.79 Å². The third kappa shape index (κ3) is 3.91. The molecule has 0 aliphatic rings. The zero-order valence-electron chi connectivity index (χ0n) is 13.5. The van der Waals surface area contributed by atoms with Crippen molar-refractivity contribution >= 4 is 29.3 Å². The Morgan fingerprint density at radius 2 is 2.38 bits per heavy atom. The lowest BCUT2D eigenvalue weighted by molar-refractivity contribution is -0.115. The number of anilines is 1. The van der Waals surface area contributed by atoms with E-state index >= 15 is 0 Å². The van der Waals surface area contributed by atoms with Crippen LogP contribution in [-0.2, 0) is 4.79 Å². The van der Waals surface area contributed by atoms with Crippen molar-refractivity contribution in [3.63, 3.8) is 0 Å². The van der Waals surface area contributed by atoms with Crippen LogP contribution in [-0.4, -0.2) is 35.9 Å². The van der Waals surface area contributed by atoms with Crippen LogP contribution in [0.1, 0.15) is 31.9 Å². The molecule has 0 unspecified atom stereocenters. The molecule has 9 heteroatoms. The van der Waals surface area contributed by atoms with Gasteiger partial charge in [0.15, 0.2) is 5.82 Å². The van der Waals surface area contributed by atoms with Crippen molar-refractivity contribution in [2.24, 2.45) is 0 Å². The standard InChI is InChI=1S/C15H18N6O2S/c1-3-4-6-11(13(22)17-12-9-10(2)23-20-12)24-15-18-14-16-7-5-8-21(14)19-15/h5,7-9,11H,3-4,6H2,1-2H3,(H,17,20,22)/t11-/m0/s1. The molecule has 0 saturated carbocycles. The summed E-state index contributed by atoms with van der Waals surface area (Å²) < 4.78 is 6.57. The minimum absolute atomic E-state index is 0.131. The normalized spacial score (nSPS) is 12.4. The number of amides is 1. The number of nitrogens with zero attached hydrogens (tertiary/aromatic N) is 5. The summed E-state index contributed by atoms with van der Waals surface area (Å²) in [7, 11) is 0. The van der Waals surface area contributed by atoms with Crippen molar-refractivity contribution in [3.8, 4) is 0 Å². The lowest BCUT2D eigenvalue weighted by Crippen LogP contribution is -2.25. The summed E-state index contributed by atoms with van der Waals surface area (Å²) in [5.41, 5.74) is 0. The third-order valence-corrected chi connectivity index (χ3v) is 4.45. The molecule has 3 heterocycles. The summed E-state index contributed by atoms with van der Waals surface area (Å²) in [4.78, 5) is 21.0. The zero-order valence-corrected chi connectivity index (χ0v) is 14.3. The number of aromatic nitrogens is 5. The maximum absolute atomic E-state index is 12.6. The molecule has 8 nitrogen and oxygen atoms in total. The van der Waals surface area contributed by atoms with E-state index in [1.807, 2.05) is 0 Å². The van der Waals surface area contributed by atoms with Gasteiger partial charge >= 0.3 is 0 Å². The molecule has 0 fully saturated rings. The highest BCUT2D eigenvalue weighted by molar-refractivity contribution is 8.00. The zero-order chi connectivity index (χ0) is 16.9. The van der Waals surface area contributed by atoms with E-state index in [0.29, 0.717) is 22.5 Å². The van der Waals surface area contributed by atoms with Crippen LogP contribution in [0.5, 0.6) is 0 Å². The topological polar surface area (TPSA) is 98.2 Å². The van der Waals surface area contributed by atoms with E-state index in [4.69, 9.17) is 4.52 Å². The predicted molar refractivity (Wildman–Crippen MR) is 89.8 cm³/mol. The van der Waals surface area contributed by atoms with Crippen molar-refractivity contribution < 1.29 is 9.32 Å². The predicted octanol–water partition coefficient (Wildman–Crippen LogP) is 2.71. The van der Waals surface area contributed by atoms with Gasteiger partial charge in [-0.3, -0.25) is 4.79 Å². The van der Waals surface area contributed by atoms with E-state index in [1.165, 1.54) is 11.8 Å². The van der Waals surface area contributed by atoms with Crippen LogP contribution in [0.25, 0.3) is 5.78 Å². The molecule has 3 aromatic heterocycles. The number of carbonyl (C=O) groups is 1. The highest BCUT2D eigenvalue weighted by atomic mass is 32.2. The van der Waals surface area contributed by atoms with Gasteiger partial charge in [0.25, 0.3) is 5.78 Å². The third-order valence-electron chi connectivity index (χ3n) is 3.34. The molecule has 1 atom stereocenters. The fourth-order valence-electron chi connectivity index (χ4n) is 2.16. The van der Waals surface area contributed by atoms with Gasteiger partial charge in [0.05, 0.1) is 5.25 Å². The van der Waals surface area contributed by atoms with Crippen molar-refractivity contribution in [1.82, 2.24) is 24.7 Å². The number of hydrogen-bond acceptors (Lipinski definition) is 7. The molecular weight excluding hydrogens is 328 g/mol. The summed E-state index contributed by atoms with van der Waals surface area (Å²) in [6, 6.07) is 3.47. The Kier molecular flexibility index (Phi) is 5.09. The van der Waals surface area contributed by atoms with E-state index in [1.54, 1.807) is 36.0 Å². The van der Waals surface area contributed by atoms with E-state index in [2.05, 4.69) is 32.5 Å². The number of rotatable bonds is 7. The molecule has 0 aliphatic carbocycles. The second-order valence-corrected chi connectivity index (χ2v) is 6.49. The lowest BCUT2D eigenvalue weighted by atomic mass is 10.2. The van der Waals surface area contributed by atoms with E-state index < -0.39 is 0 Å². The van der Waals surface area contributed by atoms with Crippen LogP contribution >= 0.6 is 11.8 Å². The number of thioether (sulfide) groups is 1. The van der Waals surface area contributed by atoms with E-state index in [0.717, 1.165) is 19.3 Å². The van der Waals surface area contributed by atoms with Gasteiger partial charge in [-0.15, -0.1) is 5.10 Å². The minimum Gasteiger partial charge on any atom is -0.360 e. The number of hydrogen-bond donors (Lipinski definition) is 1. The molecule has 0 aromatic carbocycles. The molecule has 1 N–H and O–H groups in total. The molecule has 1 amide bonds. The van der Waals surface area contributed by atoms with Gasteiger partial charge in [0.1, 0.15) is 5.76 Å². The minimum atomic E-state index is -0.306. The Bertz CT molecular complexity index is 797. The van der Waals surface area contributed by atoms with Gasteiger partial charge in [0, 0.05) is 18.5 Å². The summed E-state index contributed by atoms with van der Waals surface area (Å²) in [6.45, 7) is 3.87. The van der Waals surface area contributed by atoms with Crippen LogP contribution < -0.4 is 5.32 Å². The number of aryl methyl sites for hydroxylation is 1. The summed E-state index contributed by atoms with van der Waals surface area (Å²) >= 11 is 1.34. The fourth-order valence-corrected chi connectivity index (χ4v) is 3.13. The monoisotopic (exact) mass is 346 g/mol. The Morgan fingerprint density at radius 3 is 3.08 bits per heavy atom. The molecule has 0 bridgehead atoms. The molecule has 126 valence electrons. The van der Waals surface area contributed by atoms with Crippen LogP contribution in [0.3, 0.4) is 0 Å². The first-order chi connectivity index (χ1) is 11.7. The summed E-state index contributed by atoms with van der Waals surface area (Å²) in [5, 5.41) is 11.2. The smallest absolute Gasteiger partial charge is 0.253 e. The van der Waals surface area contributed by atoms with Crippen molar-refractivity contribution in [2.75, 3.05) is 5.32 Å². The van der Waals surface area contributed by atoms with Crippen LogP contribution in [0.4, 0.5) is 5.82 Å². The number of unbranched alkanes of at least 4 members (excludes halogenated alkanes) is 1. The number of carbonyl (C=O) groups excluding carboxylic acids is 1. The molecule has 0 aliphatic heterocycles. The van der Waals surface area contributed by atoms with Crippen molar-refractivity contribution in [2.45, 2.75) is 43.5 Å². The maximum Gasteiger partial charge on any atom is 0.253 e. The van der Waals surface area contributed by atoms with Crippen LogP contribution in [0, 0.1) is 6.92 Å². The molecule has 3 rings (SSSR count). The lowest BCUT2D eigenvalue weighted by Gasteiger charge is -2.13. The van der Waals surface area contributed by atoms with Gasteiger partial charge in [-0.05, 0) is 19.4 Å². The summed E-state index contributed by atoms with van der Waals surface area (Å²) in [5.74, 6) is 1.45. The second-order valence-electron chi connectivity index (χ2n) is 5.32. The molecule has 0 spiro atoms. The van der Waals surface area contributed by atoms with Gasteiger partial charge in [0.2, 0.25) is 11.1 Å². The highest BCUT2D eigenvalue weighted by Crippen LogP contribution is 2.25. The van der Waals surface area contributed by atoms with Gasteiger partial charge in [-0.2, -0.15) is 4.98 Å². The number of nitrogens with one attached hydrogen (secondary N) is 1. The SMILES string of the molecule is CCCC[C@H](Sc1nc2ncccn2n1)C(=O)Nc1cc(C)on1. The Balaban J connectivity index is 1.73. The largest absolute Gasteiger partial charge is 0.360 e. The van der Waals surface area contributed by atoms with Crippen molar-refractivity contribution in [3.05, 3.63) is 30.3 Å². The molecule has 3 aromatic rings. The van der Waals surface area contributed by atoms with Gasteiger partial charge < -0.3 is 9.84 Å². The summed E-state index contributed by atoms with van der Waals surface area (Å²) in [6.07, 6.45) is 6.11. The first-order valence-corrected chi connectivity index (χ1v) is 8.62. The average Bonchev–Trinajstić information content (AvgIpc) is 3.16. The quantitative estimate of drug-likeness (QED) is 0.657. The first-order valence-electron chi connectivity index (χ1n) is 7.74. The maximum atomic E-state index is 12.6. The molecule has 24 heavy (non-hydrogen) atoms. The van der Waals surface area contributed by atoms with E-state index in [-0.39, 0.29) is 11.2 Å². The number of fused-ring (bicyclic) bond motifs is 1. The van der Waals surface area contributed by atoms with Crippen LogP contribution in [0.2, 0.25) is 0 Å². The van der Waals surface area contributed by atoms with Crippen molar-refractivity contribution in [1.29, 1.82) is 0 Å². The fraction of sp³-hybridized carbons (Fsp3) is 0.400. The van der Waals surface area contributed by atoms with Crippen LogP contribution in [0.15, 0.2) is 34.2 Å². The Labute approximate surface area is 143 Å². The Hall–Kier alpha value is -2.42. The highest BCUT2D eigenvalue weighted by Gasteiger charge is 2.23. The first kappa shape index (κ1) is 16.4. The second kappa shape index (κ2) is 7.43. The van der Waals surface area contributed by atoms with Gasteiger partial charge in [-0.25, -0.2) is 9.50 Å². The molecule has 0 saturated heterocycles. The van der Waals surface area contributed by atoms with Gasteiger partial charge in [-0.1, -0.05) is 36.7 Å².